The van der Waals surface area contributed by atoms with Crippen molar-refractivity contribution in [1.82, 2.24) is 20.5 Å². The Morgan fingerprint density at radius 3 is 2.92 bits per heavy atom. The van der Waals surface area contributed by atoms with Crippen molar-refractivity contribution in [2.75, 3.05) is 13.2 Å². The number of nitrogens with zero attached hydrogens (tertiary/aromatic N) is 2. The first kappa shape index (κ1) is 16.1. The molecule has 1 saturated heterocycles. The highest BCUT2D eigenvalue weighted by atomic mass is 16.5. The molecule has 2 aliphatic rings. The van der Waals surface area contributed by atoms with Crippen LogP contribution in [0.15, 0.2) is 30.3 Å². The molecule has 1 aromatic carbocycles. The van der Waals surface area contributed by atoms with Gasteiger partial charge in [-0.2, -0.15) is 5.10 Å². The highest BCUT2D eigenvalue weighted by Gasteiger charge is 2.57. The molecule has 132 valence electrons. The number of aromatic amines is 1. The molecular formula is C18H22N4O3. The summed E-state index contributed by atoms with van der Waals surface area (Å²) < 4.78 is 11.0. The Balaban J connectivity index is 1.24. The standard InChI is InChI=1S/C18H22N4O3/c23-17(14-10-18(14)6-8-24-9-7-18)19-11-15-20-16(22-21-15)12-25-13-4-2-1-3-5-13/h1-5,14H,6-12H2,(H,19,23)(H,20,21,22). The fourth-order valence-corrected chi connectivity index (χ4v) is 3.49. The van der Waals surface area contributed by atoms with E-state index in [1.165, 1.54) is 0 Å². The Hall–Kier alpha value is -2.41. The van der Waals surface area contributed by atoms with Gasteiger partial charge >= 0.3 is 0 Å². The molecule has 0 radical (unpaired) electrons. The fraction of sp³-hybridized carbons (Fsp3) is 0.500. The van der Waals surface area contributed by atoms with Gasteiger partial charge in [0.05, 0.1) is 6.54 Å². The molecule has 1 aromatic heterocycles. The largest absolute Gasteiger partial charge is 0.486 e. The molecule has 2 heterocycles. The van der Waals surface area contributed by atoms with Crippen molar-refractivity contribution in [2.24, 2.45) is 11.3 Å². The van der Waals surface area contributed by atoms with E-state index in [0.717, 1.165) is 38.2 Å². The third kappa shape index (κ3) is 3.66. The van der Waals surface area contributed by atoms with Crippen molar-refractivity contribution in [3.8, 4) is 5.75 Å². The van der Waals surface area contributed by atoms with Crippen LogP contribution in [0, 0.1) is 11.3 Å². The molecule has 1 spiro atoms. The van der Waals surface area contributed by atoms with Crippen LogP contribution in [0.4, 0.5) is 0 Å². The van der Waals surface area contributed by atoms with Crippen molar-refractivity contribution in [3.63, 3.8) is 0 Å². The minimum absolute atomic E-state index is 0.105. The number of aromatic nitrogens is 3. The lowest BCUT2D eigenvalue weighted by atomic mass is 9.93. The van der Waals surface area contributed by atoms with Crippen LogP contribution in [0.2, 0.25) is 0 Å². The Morgan fingerprint density at radius 1 is 1.32 bits per heavy atom. The maximum absolute atomic E-state index is 12.3. The van der Waals surface area contributed by atoms with E-state index in [1.54, 1.807) is 0 Å². The van der Waals surface area contributed by atoms with Gasteiger partial charge in [-0.05, 0) is 36.8 Å². The first-order valence-electron chi connectivity index (χ1n) is 8.69. The summed E-state index contributed by atoms with van der Waals surface area (Å²) in [5, 5.41) is 9.93. The molecule has 2 aromatic rings. The van der Waals surface area contributed by atoms with Crippen LogP contribution in [-0.2, 0) is 22.7 Å². The molecule has 1 aliphatic carbocycles. The number of rotatable bonds is 6. The smallest absolute Gasteiger partial charge is 0.224 e. The van der Waals surface area contributed by atoms with Crippen molar-refractivity contribution < 1.29 is 14.3 Å². The number of carbonyl (C=O) groups excluding carboxylic acids is 1. The van der Waals surface area contributed by atoms with Gasteiger partial charge in [0.15, 0.2) is 11.6 Å². The second-order valence-electron chi connectivity index (χ2n) is 6.75. The summed E-state index contributed by atoms with van der Waals surface area (Å²) in [4.78, 5) is 16.7. The molecule has 2 N–H and O–H groups in total. The van der Waals surface area contributed by atoms with Crippen molar-refractivity contribution in [2.45, 2.75) is 32.4 Å². The van der Waals surface area contributed by atoms with Crippen LogP contribution in [0.5, 0.6) is 5.75 Å². The molecule has 0 bridgehead atoms. The number of hydrogen-bond acceptors (Lipinski definition) is 5. The maximum atomic E-state index is 12.3. The zero-order chi connectivity index (χ0) is 17.1. The van der Waals surface area contributed by atoms with Crippen LogP contribution in [-0.4, -0.2) is 34.3 Å². The van der Waals surface area contributed by atoms with Crippen LogP contribution in [0.25, 0.3) is 0 Å². The number of ether oxygens (including phenoxy) is 2. The zero-order valence-electron chi connectivity index (χ0n) is 14.0. The third-order valence-electron chi connectivity index (χ3n) is 5.11. The lowest BCUT2D eigenvalue weighted by Gasteiger charge is -2.22. The zero-order valence-corrected chi connectivity index (χ0v) is 14.0. The van der Waals surface area contributed by atoms with E-state index in [2.05, 4.69) is 20.5 Å². The van der Waals surface area contributed by atoms with Crippen LogP contribution in [0.3, 0.4) is 0 Å². The summed E-state index contributed by atoms with van der Waals surface area (Å²) >= 11 is 0. The fourth-order valence-electron chi connectivity index (χ4n) is 3.49. The molecule has 1 amide bonds. The number of benzene rings is 1. The molecule has 1 aliphatic heterocycles. The molecule has 25 heavy (non-hydrogen) atoms. The van der Waals surface area contributed by atoms with Gasteiger partial charge in [-0.3, -0.25) is 9.89 Å². The van der Waals surface area contributed by atoms with Gasteiger partial charge in [0.1, 0.15) is 12.4 Å². The molecule has 2 fully saturated rings. The quantitative estimate of drug-likeness (QED) is 0.836. The van der Waals surface area contributed by atoms with E-state index in [4.69, 9.17) is 9.47 Å². The van der Waals surface area contributed by atoms with E-state index in [0.29, 0.717) is 24.8 Å². The second kappa shape index (κ2) is 6.84. The van der Waals surface area contributed by atoms with Gasteiger partial charge in [0, 0.05) is 19.1 Å². The maximum Gasteiger partial charge on any atom is 0.224 e. The van der Waals surface area contributed by atoms with E-state index < -0.39 is 0 Å². The van der Waals surface area contributed by atoms with Crippen LogP contribution >= 0.6 is 0 Å². The topological polar surface area (TPSA) is 89.1 Å². The Kier molecular flexibility index (Phi) is 4.40. The Labute approximate surface area is 146 Å². The average molecular weight is 342 g/mol. The van der Waals surface area contributed by atoms with Gasteiger partial charge in [-0.25, -0.2) is 4.98 Å². The van der Waals surface area contributed by atoms with Gasteiger partial charge in [-0.15, -0.1) is 0 Å². The summed E-state index contributed by atoms with van der Waals surface area (Å²) in [6, 6.07) is 9.55. The highest BCUT2D eigenvalue weighted by Crippen LogP contribution is 2.59. The number of amides is 1. The number of H-pyrrole nitrogens is 1. The summed E-state index contributed by atoms with van der Waals surface area (Å²) in [5.74, 6) is 2.22. The SMILES string of the molecule is O=C(NCc1n[nH]c(COc2ccccc2)n1)C1CC12CCOCC2. The monoisotopic (exact) mass is 342 g/mol. The molecule has 7 heteroatoms. The van der Waals surface area contributed by atoms with E-state index >= 15 is 0 Å². The van der Waals surface area contributed by atoms with E-state index in [-0.39, 0.29) is 17.2 Å². The number of carbonyl (C=O) groups is 1. The van der Waals surface area contributed by atoms with E-state index in [1.807, 2.05) is 30.3 Å². The molecule has 1 saturated carbocycles. The molecular weight excluding hydrogens is 320 g/mol. The Bertz CT molecular complexity index is 725. The van der Waals surface area contributed by atoms with Crippen molar-refractivity contribution in [1.29, 1.82) is 0 Å². The van der Waals surface area contributed by atoms with Crippen molar-refractivity contribution >= 4 is 5.91 Å². The van der Waals surface area contributed by atoms with Crippen molar-refractivity contribution in [3.05, 3.63) is 42.0 Å². The lowest BCUT2D eigenvalue weighted by molar-refractivity contribution is -0.123. The Morgan fingerprint density at radius 2 is 2.12 bits per heavy atom. The first-order valence-corrected chi connectivity index (χ1v) is 8.69. The second-order valence-corrected chi connectivity index (χ2v) is 6.75. The predicted molar refractivity (Wildman–Crippen MR) is 89.6 cm³/mol. The van der Waals surface area contributed by atoms with Gasteiger partial charge in [-0.1, -0.05) is 18.2 Å². The van der Waals surface area contributed by atoms with Gasteiger partial charge in [0.25, 0.3) is 0 Å². The predicted octanol–water partition coefficient (Wildman–Crippen LogP) is 1.82. The van der Waals surface area contributed by atoms with E-state index in [9.17, 15) is 4.79 Å². The summed E-state index contributed by atoms with van der Waals surface area (Å²) in [6.07, 6.45) is 2.96. The summed E-state index contributed by atoms with van der Waals surface area (Å²) in [7, 11) is 0. The average Bonchev–Trinajstić information content (AvgIpc) is 3.14. The molecule has 7 nitrogen and oxygen atoms in total. The lowest BCUT2D eigenvalue weighted by Crippen LogP contribution is -2.29. The van der Waals surface area contributed by atoms with Gasteiger partial charge < -0.3 is 14.8 Å². The molecule has 4 rings (SSSR count). The highest BCUT2D eigenvalue weighted by molar-refractivity contribution is 5.82. The number of nitrogens with one attached hydrogen (secondary N) is 2. The van der Waals surface area contributed by atoms with Crippen LogP contribution < -0.4 is 10.1 Å². The molecule has 1 atom stereocenters. The summed E-state index contributed by atoms with van der Waals surface area (Å²) in [5.41, 5.74) is 0.190. The number of para-hydroxylation sites is 1. The third-order valence-corrected chi connectivity index (χ3v) is 5.11. The minimum Gasteiger partial charge on any atom is -0.486 e. The summed E-state index contributed by atoms with van der Waals surface area (Å²) in [6.45, 7) is 2.20. The normalized spacial score (nSPS) is 21.0. The minimum atomic E-state index is 0.105. The van der Waals surface area contributed by atoms with Gasteiger partial charge in [0.2, 0.25) is 5.91 Å². The number of hydrogen-bond donors (Lipinski definition) is 2. The first-order chi connectivity index (χ1) is 12.3. The molecule has 1 unspecified atom stereocenters. The van der Waals surface area contributed by atoms with Crippen LogP contribution in [0.1, 0.15) is 30.9 Å².